The summed E-state index contributed by atoms with van der Waals surface area (Å²) in [5.74, 6) is -0.547. The Morgan fingerprint density at radius 1 is 1.53 bits per heavy atom. The molecule has 2 rings (SSSR count). The fourth-order valence-electron chi connectivity index (χ4n) is 2.20. The van der Waals surface area contributed by atoms with Crippen LogP contribution in [0.3, 0.4) is 0 Å². The van der Waals surface area contributed by atoms with Gasteiger partial charge in [-0.15, -0.1) is 12.4 Å². The van der Waals surface area contributed by atoms with Gasteiger partial charge in [-0.2, -0.15) is 0 Å². The van der Waals surface area contributed by atoms with Crippen molar-refractivity contribution in [2.45, 2.75) is 25.3 Å². The van der Waals surface area contributed by atoms with Gasteiger partial charge in [-0.05, 0) is 25.0 Å². The molecule has 0 unspecified atom stereocenters. The van der Waals surface area contributed by atoms with E-state index in [0.29, 0.717) is 18.1 Å². The quantitative estimate of drug-likeness (QED) is 0.912. The van der Waals surface area contributed by atoms with Gasteiger partial charge < -0.3 is 10.6 Å². The molecule has 0 aliphatic carbocycles. The molecule has 1 amide bonds. The van der Waals surface area contributed by atoms with Gasteiger partial charge in [-0.1, -0.05) is 17.7 Å². The van der Waals surface area contributed by atoms with Crippen molar-refractivity contribution in [1.29, 1.82) is 0 Å². The molecule has 1 saturated heterocycles. The van der Waals surface area contributed by atoms with Crippen LogP contribution in [0.2, 0.25) is 5.02 Å². The van der Waals surface area contributed by atoms with Gasteiger partial charge in [0.05, 0.1) is 6.42 Å². The van der Waals surface area contributed by atoms with Gasteiger partial charge in [-0.3, -0.25) is 4.79 Å². The summed E-state index contributed by atoms with van der Waals surface area (Å²) in [6.45, 7) is 1.24. The molecule has 0 spiro atoms. The molecule has 1 aliphatic heterocycles. The summed E-state index contributed by atoms with van der Waals surface area (Å²) >= 11 is 5.91. The molecule has 1 aliphatic rings. The second-order valence-electron chi connectivity index (χ2n) is 4.62. The van der Waals surface area contributed by atoms with E-state index in [2.05, 4.69) is 0 Å². The van der Waals surface area contributed by atoms with Crippen LogP contribution in [-0.4, -0.2) is 29.9 Å². The van der Waals surface area contributed by atoms with E-state index in [0.717, 1.165) is 12.8 Å². The summed E-state index contributed by atoms with van der Waals surface area (Å²) in [7, 11) is 0. The number of nitrogens with two attached hydrogens (primary N) is 1. The lowest BCUT2D eigenvalue weighted by Crippen LogP contribution is -2.46. The minimum Gasteiger partial charge on any atom is -0.341 e. The first kappa shape index (κ1) is 16.2. The van der Waals surface area contributed by atoms with Crippen molar-refractivity contribution < 1.29 is 9.18 Å². The smallest absolute Gasteiger partial charge is 0.227 e. The Hall–Kier alpha value is -0.840. The highest BCUT2D eigenvalue weighted by Crippen LogP contribution is 2.20. The van der Waals surface area contributed by atoms with E-state index in [9.17, 15) is 9.18 Å². The zero-order valence-electron chi connectivity index (χ0n) is 10.4. The van der Waals surface area contributed by atoms with Gasteiger partial charge in [-0.25, -0.2) is 4.39 Å². The summed E-state index contributed by atoms with van der Waals surface area (Å²) in [6.07, 6.45) is 1.83. The Kier molecular flexibility index (Phi) is 6.04. The second-order valence-corrected chi connectivity index (χ2v) is 5.03. The summed E-state index contributed by atoms with van der Waals surface area (Å²) < 4.78 is 13.6. The Labute approximate surface area is 123 Å². The number of benzene rings is 1. The standard InChI is InChI=1S/C13H16ClFN2O.ClH/c14-11-4-1-5-12(15)10(11)7-13(18)17-6-2-3-9(16)8-17;/h1,4-5,9H,2-3,6-8,16H2;1H/t9-;/m1./s1. The molecule has 0 bridgehead atoms. The van der Waals surface area contributed by atoms with Crippen molar-refractivity contribution in [1.82, 2.24) is 4.90 Å². The van der Waals surface area contributed by atoms with Crippen LogP contribution in [0.5, 0.6) is 0 Å². The highest BCUT2D eigenvalue weighted by Gasteiger charge is 2.22. The molecule has 1 atom stereocenters. The van der Waals surface area contributed by atoms with Gasteiger partial charge >= 0.3 is 0 Å². The fraction of sp³-hybridized carbons (Fsp3) is 0.462. The van der Waals surface area contributed by atoms with Crippen LogP contribution >= 0.6 is 24.0 Å². The van der Waals surface area contributed by atoms with Crippen molar-refractivity contribution >= 4 is 29.9 Å². The van der Waals surface area contributed by atoms with Gasteiger partial charge in [0.25, 0.3) is 0 Å². The molecule has 1 aromatic rings. The molecule has 1 aromatic carbocycles. The van der Waals surface area contributed by atoms with E-state index in [1.54, 1.807) is 11.0 Å². The van der Waals surface area contributed by atoms with E-state index >= 15 is 0 Å². The highest BCUT2D eigenvalue weighted by atomic mass is 35.5. The number of nitrogens with zero attached hydrogens (tertiary/aromatic N) is 1. The number of piperidine rings is 1. The van der Waals surface area contributed by atoms with Crippen LogP contribution in [0.4, 0.5) is 4.39 Å². The number of rotatable bonds is 2. The lowest BCUT2D eigenvalue weighted by Gasteiger charge is -2.31. The predicted molar refractivity (Wildman–Crippen MR) is 76.2 cm³/mol. The maximum Gasteiger partial charge on any atom is 0.227 e. The van der Waals surface area contributed by atoms with E-state index in [-0.39, 0.29) is 36.3 Å². The molecular formula is C13H17Cl2FN2O. The van der Waals surface area contributed by atoms with E-state index in [4.69, 9.17) is 17.3 Å². The van der Waals surface area contributed by atoms with Crippen LogP contribution in [0, 0.1) is 5.82 Å². The van der Waals surface area contributed by atoms with Gasteiger partial charge in [0.15, 0.2) is 0 Å². The minimum absolute atomic E-state index is 0. The Bertz CT molecular complexity index is 436. The number of carbonyl (C=O) groups is 1. The van der Waals surface area contributed by atoms with Crippen molar-refractivity contribution in [2.75, 3.05) is 13.1 Å². The average molecular weight is 307 g/mol. The zero-order chi connectivity index (χ0) is 13.1. The number of likely N-dealkylation sites (tertiary alicyclic amines) is 1. The predicted octanol–water partition coefficient (Wildman–Crippen LogP) is 2.39. The Balaban J connectivity index is 0.00000180. The van der Waals surface area contributed by atoms with E-state index < -0.39 is 5.82 Å². The van der Waals surface area contributed by atoms with E-state index in [1.807, 2.05) is 0 Å². The molecule has 0 aromatic heterocycles. The topological polar surface area (TPSA) is 46.3 Å². The number of carbonyl (C=O) groups excluding carboxylic acids is 1. The summed E-state index contributed by atoms with van der Waals surface area (Å²) in [6, 6.07) is 4.47. The number of halogens is 3. The van der Waals surface area contributed by atoms with Crippen molar-refractivity contribution in [3.8, 4) is 0 Å². The third kappa shape index (κ3) is 4.06. The maximum absolute atomic E-state index is 13.6. The molecule has 3 nitrogen and oxygen atoms in total. The Morgan fingerprint density at radius 3 is 2.89 bits per heavy atom. The Morgan fingerprint density at radius 2 is 2.26 bits per heavy atom. The van der Waals surface area contributed by atoms with Gasteiger partial charge in [0.2, 0.25) is 5.91 Å². The first-order valence-electron chi connectivity index (χ1n) is 6.04. The third-order valence-corrected chi connectivity index (χ3v) is 3.55. The average Bonchev–Trinajstić information content (AvgIpc) is 2.34. The largest absolute Gasteiger partial charge is 0.341 e. The second kappa shape index (κ2) is 7.08. The summed E-state index contributed by atoms with van der Waals surface area (Å²) in [5, 5.41) is 0.296. The molecule has 106 valence electrons. The van der Waals surface area contributed by atoms with Crippen LogP contribution < -0.4 is 5.73 Å². The van der Waals surface area contributed by atoms with Crippen molar-refractivity contribution in [2.24, 2.45) is 5.73 Å². The molecular weight excluding hydrogens is 290 g/mol. The van der Waals surface area contributed by atoms with Gasteiger partial charge in [0.1, 0.15) is 5.82 Å². The summed E-state index contributed by atoms with van der Waals surface area (Å²) in [4.78, 5) is 13.8. The van der Waals surface area contributed by atoms with Crippen molar-refractivity contribution in [3.63, 3.8) is 0 Å². The monoisotopic (exact) mass is 306 g/mol. The van der Waals surface area contributed by atoms with Crippen LogP contribution in [0.15, 0.2) is 18.2 Å². The molecule has 0 radical (unpaired) electrons. The SMILES string of the molecule is Cl.N[C@@H]1CCCN(C(=O)Cc2c(F)cccc2Cl)C1. The molecule has 2 N–H and O–H groups in total. The van der Waals surface area contributed by atoms with Crippen molar-refractivity contribution in [3.05, 3.63) is 34.6 Å². The van der Waals surface area contributed by atoms with Crippen LogP contribution in [0.1, 0.15) is 18.4 Å². The van der Waals surface area contributed by atoms with Gasteiger partial charge in [0, 0.05) is 29.7 Å². The molecule has 19 heavy (non-hydrogen) atoms. The molecule has 1 fully saturated rings. The number of hydrogen-bond donors (Lipinski definition) is 1. The first-order valence-corrected chi connectivity index (χ1v) is 6.42. The van der Waals surface area contributed by atoms with Crippen LogP contribution in [0.25, 0.3) is 0 Å². The maximum atomic E-state index is 13.6. The lowest BCUT2D eigenvalue weighted by atomic mass is 10.0. The third-order valence-electron chi connectivity index (χ3n) is 3.20. The number of hydrogen-bond acceptors (Lipinski definition) is 2. The zero-order valence-corrected chi connectivity index (χ0v) is 12.0. The summed E-state index contributed by atoms with van der Waals surface area (Å²) in [5.41, 5.74) is 6.09. The molecule has 1 heterocycles. The number of amides is 1. The lowest BCUT2D eigenvalue weighted by molar-refractivity contribution is -0.131. The van der Waals surface area contributed by atoms with Crippen LogP contribution in [-0.2, 0) is 11.2 Å². The normalized spacial score (nSPS) is 18.9. The minimum atomic E-state index is -0.433. The highest BCUT2D eigenvalue weighted by molar-refractivity contribution is 6.31. The molecule has 6 heteroatoms. The first-order chi connectivity index (χ1) is 8.58. The molecule has 0 saturated carbocycles. The fourth-order valence-corrected chi connectivity index (χ4v) is 2.43. The van der Waals surface area contributed by atoms with E-state index in [1.165, 1.54) is 12.1 Å².